The van der Waals surface area contributed by atoms with Crippen LogP contribution in [-0.2, 0) is 25.6 Å². The number of primary amides is 2. The van der Waals surface area contributed by atoms with Crippen LogP contribution in [0.25, 0.3) is 53.9 Å². The Morgan fingerprint density at radius 3 is 1.12 bits per heavy atom. The van der Waals surface area contributed by atoms with Gasteiger partial charge in [0, 0.05) is 35.7 Å². The lowest BCUT2D eigenvalue weighted by atomic mass is 9.84. The second-order valence-electron chi connectivity index (χ2n) is 28.7. The summed E-state index contributed by atoms with van der Waals surface area (Å²) in [4.78, 5) is 81.1. The molecule has 11 heteroatoms. The van der Waals surface area contributed by atoms with E-state index in [1.165, 1.54) is 223 Å². The molecule has 1 atom stereocenters. The molecule has 0 saturated carbocycles. The molecule has 0 radical (unpaired) electrons. The van der Waals surface area contributed by atoms with E-state index in [9.17, 15) is 28.8 Å². The Bertz CT molecular complexity index is 3230. The summed E-state index contributed by atoms with van der Waals surface area (Å²) in [7, 11) is 0. The van der Waals surface area contributed by atoms with Crippen molar-refractivity contribution in [2.45, 2.75) is 354 Å². The highest BCUT2D eigenvalue weighted by Crippen LogP contribution is 2.45. The van der Waals surface area contributed by atoms with Crippen LogP contribution >= 0.6 is 0 Å². The van der Waals surface area contributed by atoms with Crippen LogP contribution in [0, 0.1) is 5.92 Å². The molecule has 2 amide bonds. The van der Waals surface area contributed by atoms with E-state index < -0.39 is 22.9 Å². The molecule has 95 heavy (non-hydrogen) atoms. The number of nitrogens with zero attached hydrogens (tertiary/aromatic N) is 1. The average molecular weight is 1310 g/mol. The Morgan fingerprint density at radius 2 is 0.695 bits per heavy atom. The molecular weight excluding hydrogens is 1180 g/mol. The maximum absolute atomic E-state index is 14.8. The third-order valence-electron chi connectivity index (χ3n) is 20.9. The van der Waals surface area contributed by atoms with E-state index in [4.69, 9.17) is 20.9 Å². The molecule has 0 spiro atoms. The van der Waals surface area contributed by atoms with Crippen molar-refractivity contribution < 1.29 is 28.7 Å². The van der Waals surface area contributed by atoms with E-state index in [2.05, 4.69) is 13.8 Å². The van der Waals surface area contributed by atoms with Crippen LogP contribution in [0.4, 0.5) is 0 Å². The first-order valence-corrected chi connectivity index (χ1v) is 39.5. The highest BCUT2D eigenvalue weighted by atomic mass is 16.5. The highest BCUT2D eigenvalue weighted by Gasteiger charge is 2.30. The van der Waals surface area contributed by atoms with Gasteiger partial charge in [-0.2, -0.15) is 0 Å². The largest absolute Gasteiger partial charge is 0.466 e. The molecule has 6 rings (SSSR count). The van der Waals surface area contributed by atoms with Gasteiger partial charge in [0.1, 0.15) is 0 Å². The van der Waals surface area contributed by atoms with E-state index in [-0.39, 0.29) is 45.8 Å². The molecule has 0 aliphatic heterocycles. The van der Waals surface area contributed by atoms with Gasteiger partial charge < -0.3 is 20.9 Å². The molecule has 0 aliphatic rings. The van der Waals surface area contributed by atoms with Crippen molar-refractivity contribution in [2.24, 2.45) is 17.4 Å². The smallest absolute Gasteiger partial charge is 0.305 e. The van der Waals surface area contributed by atoms with Crippen molar-refractivity contribution in [2.75, 3.05) is 13.2 Å². The van der Waals surface area contributed by atoms with Gasteiger partial charge in [-0.3, -0.25) is 33.3 Å². The van der Waals surface area contributed by atoms with Crippen molar-refractivity contribution in [1.82, 2.24) is 4.57 Å². The number of esters is 2. The number of carbonyl (C=O) groups is 4. The first-order chi connectivity index (χ1) is 46.6. The number of unbranched alkanes of at least 4 members (excludes halogenated alkanes) is 42. The number of nitrogens with two attached hydrogens (primary N) is 2. The van der Waals surface area contributed by atoms with Gasteiger partial charge >= 0.3 is 11.9 Å². The minimum atomic E-state index is -0.892. The normalized spacial score (nSPS) is 12.2. The van der Waals surface area contributed by atoms with E-state index in [0.717, 1.165) is 123 Å². The number of hydrogen-bond donors (Lipinski definition) is 2. The molecule has 1 aromatic heterocycles. The predicted octanol–water partition coefficient (Wildman–Crippen LogP) is 23.1. The van der Waals surface area contributed by atoms with E-state index >= 15 is 0 Å². The van der Waals surface area contributed by atoms with Crippen molar-refractivity contribution in [3.05, 3.63) is 80.4 Å². The molecule has 0 aliphatic carbocycles. The Kier molecular flexibility index (Phi) is 39.1. The van der Waals surface area contributed by atoms with Gasteiger partial charge in [-0.05, 0) is 76.4 Å². The molecule has 528 valence electrons. The van der Waals surface area contributed by atoms with Crippen molar-refractivity contribution in [3.8, 4) is 0 Å². The SMILES string of the molecule is CCCCCCCCCCCCCCCCCCOC(=O)CCCCCCCCCCCC(CCCCCC(=O)OCCCCCCCCCCCCCCCCCC)CCCCCn1c(=O)c2c(C(N)=O)c3c(C(N)=O)ccc4c5cccc6cccc(c65)c(c2c1=O)c34. The number of amides is 2. The van der Waals surface area contributed by atoms with Gasteiger partial charge in [-0.25, -0.2) is 0 Å². The van der Waals surface area contributed by atoms with Crippen LogP contribution in [0.2, 0.25) is 0 Å². The lowest BCUT2D eigenvalue weighted by Gasteiger charge is -2.18. The van der Waals surface area contributed by atoms with Gasteiger partial charge in [0.2, 0.25) is 11.8 Å². The fourth-order valence-electron chi connectivity index (χ4n) is 15.3. The highest BCUT2D eigenvalue weighted by molar-refractivity contribution is 6.42. The first kappa shape index (κ1) is 78.4. The summed E-state index contributed by atoms with van der Waals surface area (Å²) in [6.45, 7) is 5.86. The zero-order valence-electron chi connectivity index (χ0n) is 60.0. The lowest BCUT2D eigenvalue weighted by Crippen LogP contribution is -2.26. The Labute approximate surface area is 573 Å². The molecule has 0 fully saturated rings. The predicted molar refractivity (Wildman–Crippen MR) is 401 cm³/mol. The minimum Gasteiger partial charge on any atom is -0.466 e. The molecule has 1 unspecified atom stereocenters. The third-order valence-corrected chi connectivity index (χ3v) is 20.9. The quantitative estimate of drug-likeness (QED) is 0.0164. The molecule has 0 bridgehead atoms. The second kappa shape index (κ2) is 47.4. The first-order valence-electron chi connectivity index (χ1n) is 39.5. The fourth-order valence-corrected chi connectivity index (χ4v) is 15.3. The van der Waals surface area contributed by atoms with Crippen LogP contribution < -0.4 is 22.6 Å². The van der Waals surface area contributed by atoms with Gasteiger partial charge in [-0.1, -0.05) is 345 Å². The summed E-state index contributed by atoms with van der Waals surface area (Å²) >= 11 is 0. The standard InChI is InChI=1S/C84H129N3O8/c1-3-5-7-9-11-13-15-17-19-21-23-25-30-34-38-48-64-94-72(88)59-45-37-33-29-27-28-32-36-42-52-66(53-43-40-46-60-73(89)95-65-49-39-35-31-26-24-22-20-18-16-14-12-10-8-6-4-2)54-44-41-47-63-87-83(92)79-76-70-58-51-56-67-55-50-57-68(74(67)70)69-61-62-71(81(85)90)77(75(69)76)78(82(86)91)80(79)84(87)93/h50-51,55-58,61-62,66H,3-49,52-54,59-60,63-65H2,1-2H3,(H2,85,90)(H2,86,91). The number of benzene rings is 5. The van der Waals surface area contributed by atoms with Crippen LogP contribution in [0.15, 0.2) is 58.1 Å². The zero-order valence-corrected chi connectivity index (χ0v) is 60.0. The third kappa shape index (κ3) is 27.3. The summed E-state index contributed by atoms with van der Waals surface area (Å²) in [6.07, 6.45) is 62.6. The number of carbonyl (C=O) groups excluding carboxylic acids is 4. The van der Waals surface area contributed by atoms with E-state index in [1.54, 1.807) is 6.07 Å². The van der Waals surface area contributed by atoms with Crippen LogP contribution in [0.1, 0.15) is 368 Å². The fraction of sp³-hybridized carbons (Fsp3) is 0.690. The number of aromatic nitrogens is 1. The maximum Gasteiger partial charge on any atom is 0.305 e. The Balaban J connectivity index is 0.889. The molecule has 11 nitrogen and oxygen atoms in total. The van der Waals surface area contributed by atoms with E-state index in [0.29, 0.717) is 49.2 Å². The summed E-state index contributed by atoms with van der Waals surface area (Å²) in [5.74, 6) is -1.20. The molecule has 0 saturated heterocycles. The number of hydrogen-bond acceptors (Lipinski definition) is 8. The zero-order chi connectivity index (χ0) is 67.5. The van der Waals surface area contributed by atoms with Gasteiger partial charge in [-0.15, -0.1) is 0 Å². The van der Waals surface area contributed by atoms with Gasteiger partial charge in [0.25, 0.3) is 11.1 Å². The van der Waals surface area contributed by atoms with Gasteiger partial charge in [0.05, 0.1) is 29.5 Å². The van der Waals surface area contributed by atoms with Crippen molar-refractivity contribution in [3.63, 3.8) is 0 Å². The second-order valence-corrected chi connectivity index (χ2v) is 28.7. The molecule has 6 aromatic rings. The topological polar surface area (TPSA) is 178 Å². The summed E-state index contributed by atoms with van der Waals surface area (Å²) < 4.78 is 12.5. The van der Waals surface area contributed by atoms with Crippen LogP contribution in [-0.4, -0.2) is 41.5 Å². The van der Waals surface area contributed by atoms with Crippen molar-refractivity contribution >= 4 is 77.6 Å². The van der Waals surface area contributed by atoms with E-state index in [1.807, 2.05) is 42.5 Å². The maximum atomic E-state index is 14.8. The number of ether oxygens (including phenoxy) is 2. The molecular formula is C84H129N3O8. The lowest BCUT2D eigenvalue weighted by molar-refractivity contribution is -0.144. The molecule has 1 heterocycles. The number of fused-ring (bicyclic) bond motifs is 4. The van der Waals surface area contributed by atoms with Gasteiger partial charge in [0.15, 0.2) is 0 Å². The monoisotopic (exact) mass is 1310 g/mol. The van der Waals surface area contributed by atoms with Crippen LogP contribution in [0.3, 0.4) is 0 Å². The van der Waals surface area contributed by atoms with Crippen LogP contribution in [0.5, 0.6) is 0 Å². The Morgan fingerprint density at radius 1 is 0.347 bits per heavy atom. The number of rotatable bonds is 60. The summed E-state index contributed by atoms with van der Waals surface area (Å²) in [5, 5.41) is 5.71. The Hall–Kier alpha value is -5.58. The van der Waals surface area contributed by atoms with Crippen molar-refractivity contribution in [1.29, 1.82) is 0 Å². The molecule has 4 N–H and O–H groups in total. The molecule has 5 aromatic carbocycles. The minimum absolute atomic E-state index is 0.0341. The average Bonchev–Trinajstić information content (AvgIpc) is 1.68. The summed E-state index contributed by atoms with van der Waals surface area (Å²) in [6, 6.07) is 15.2. The summed E-state index contributed by atoms with van der Waals surface area (Å²) in [5.41, 5.74) is 11.0.